The summed E-state index contributed by atoms with van der Waals surface area (Å²) in [5, 5.41) is 8.71. The van der Waals surface area contributed by atoms with Crippen molar-refractivity contribution < 1.29 is 10.0 Å². The second-order valence-corrected chi connectivity index (χ2v) is 4.36. The molecule has 1 amide bonds. The van der Waals surface area contributed by atoms with Gasteiger partial charge in [-0.05, 0) is 30.4 Å². The lowest BCUT2D eigenvalue weighted by Crippen LogP contribution is -2.21. The third-order valence-electron chi connectivity index (χ3n) is 3.35. The van der Waals surface area contributed by atoms with Gasteiger partial charge in [0.15, 0.2) is 0 Å². The molecule has 16 heavy (non-hydrogen) atoms. The van der Waals surface area contributed by atoms with Crippen LogP contribution in [0, 0.1) is 0 Å². The summed E-state index contributed by atoms with van der Waals surface area (Å²) in [7, 11) is 0. The molecule has 0 aromatic heterocycles. The third kappa shape index (κ3) is 2.25. The first kappa shape index (κ1) is 11.1. The lowest BCUT2D eigenvalue weighted by atomic mass is 9.82. The zero-order chi connectivity index (χ0) is 11.4. The molecule has 2 rings (SSSR count). The van der Waals surface area contributed by atoms with Crippen molar-refractivity contribution in [3.05, 3.63) is 35.4 Å². The van der Waals surface area contributed by atoms with Gasteiger partial charge in [-0.1, -0.05) is 37.5 Å². The molecular formula is C13H17NO2. The lowest BCUT2D eigenvalue weighted by Gasteiger charge is -2.23. The first-order valence-corrected chi connectivity index (χ1v) is 5.86. The van der Waals surface area contributed by atoms with Gasteiger partial charge in [0.05, 0.1) is 0 Å². The largest absolute Gasteiger partial charge is 0.288 e. The molecule has 0 saturated heterocycles. The van der Waals surface area contributed by atoms with Crippen LogP contribution >= 0.6 is 0 Å². The van der Waals surface area contributed by atoms with E-state index < -0.39 is 5.91 Å². The van der Waals surface area contributed by atoms with Gasteiger partial charge in [0.25, 0.3) is 5.91 Å². The van der Waals surface area contributed by atoms with Crippen LogP contribution in [-0.2, 0) is 0 Å². The molecule has 0 aliphatic heterocycles. The van der Waals surface area contributed by atoms with Crippen LogP contribution in [0.1, 0.15) is 53.9 Å². The number of nitrogens with one attached hydrogen (secondary N) is 1. The Bertz CT molecular complexity index is 370. The van der Waals surface area contributed by atoms with Crippen LogP contribution < -0.4 is 5.48 Å². The van der Waals surface area contributed by atoms with Gasteiger partial charge in [0.1, 0.15) is 0 Å². The Balaban J connectivity index is 2.28. The standard InChI is InChI=1S/C13H17NO2/c15-13(14-16)12-9-5-4-8-11(12)10-6-2-1-3-7-10/h4-5,8-10,16H,1-3,6-7H2,(H,14,15). The van der Waals surface area contributed by atoms with Crippen LogP contribution in [0.4, 0.5) is 0 Å². The summed E-state index contributed by atoms with van der Waals surface area (Å²) >= 11 is 0. The summed E-state index contributed by atoms with van der Waals surface area (Å²) in [6, 6.07) is 7.56. The zero-order valence-electron chi connectivity index (χ0n) is 9.28. The Morgan fingerprint density at radius 1 is 1.19 bits per heavy atom. The minimum Gasteiger partial charge on any atom is -0.288 e. The third-order valence-corrected chi connectivity index (χ3v) is 3.35. The van der Waals surface area contributed by atoms with Crippen LogP contribution in [0.3, 0.4) is 0 Å². The molecule has 1 aliphatic carbocycles. The Hall–Kier alpha value is -1.35. The van der Waals surface area contributed by atoms with Crippen LogP contribution in [-0.4, -0.2) is 11.1 Å². The average Bonchev–Trinajstić information content (AvgIpc) is 2.39. The van der Waals surface area contributed by atoms with E-state index in [1.165, 1.54) is 19.3 Å². The highest BCUT2D eigenvalue weighted by atomic mass is 16.5. The summed E-state index contributed by atoms with van der Waals surface area (Å²) < 4.78 is 0. The van der Waals surface area contributed by atoms with Crippen LogP contribution in [0.25, 0.3) is 0 Å². The molecule has 0 bridgehead atoms. The van der Waals surface area contributed by atoms with E-state index in [0.29, 0.717) is 11.5 Å². The maximum Gasteiger partial charge on any atom is 0.274 e. The molecule has 3 nitrogen and oxygen atoms in total. The SMILES string of the molecule is O=C(NO)c1ccccc1C1CCCCC1. The van der Waals surface area contributed by atoms with E-state index >= 15 is 0 Å². The normalized spacial score (nSPS) is 17.1. The lowest BCUT2D eigenvalue weighted by molar-refractivity contribution is 0.0704. The average molecular weight is 219 g/mol. The number of hydroxylamine groups is 1. The van der Waals surface area contributed by atoms with Crippen molar-refractivity contribution in [1.82, 2.24) is 5.48 Å². The molecule has 0 spiro atoms. The Morgan fingerprint density at radius 2 is 1.88 bits per heavy atom. The van der Waals surface area contributed by atoms with Gasteiger partial charge < -0.3 is 0 Å². The van der Waals surface area contributed by atoms with E-state index in [4.69, 9.17) is 5.21 Å². The van der Waals surface area contributed by atoms with Gasteiger partial charge in [-0.2, -0.15) is 0 Å². The number of carbonyl (C=O) groups is 1. The van der Waals surface area contributed by atoms with Crippen molar-refractivity contribution in [2.24, 2.45) is 0 Å². The van der Waals surface area contributed by atoms with Gasteiger partial charge in [0, 0.05) is 5.56 Å². The van der Waals surface area contributed by atoms with Crippen molar-refractivity contribution in [3.63, 3.8) is 0 Å². The van der Waals surface area contributed by atoms with Gasteiger partial charge in [-0.15, -0.1) is 0 Å². The number of amides is 1. The zero-order valence-corrected chi connectivity index (χ0v) is 9.28. The van der Waals surface area contributed by atoms with E-state index in [1.54, 1.807) is 11.5 Å². The molecule has 1 aliphatic rings. The fraction of sp³-hybridized carbons (Fsp3) is 0.462. The van der Waals surface area contributed by atoms with Gasteiger partial charge in [-0.25, -0.2) is 5.48 Å². The van der Waals surface area contributed by atoms with Crippen molar-refractivity contribution in [2.45, 2.75) is 38.0 Å². The van der Waals surface area contributed by atoms with Crippen LogP contribution in [0.5, 0.6) is 0 Å². The summed E-state index contributed by atoms with van der Waals surface area (Å²) in [6.07, 6.45) is 6.07. The Labute approximate surface area is 95.4 Å². The predicted molar refractivity (Wildman–Crippen MR) is 61.5 cm³/mol. The molecular weight excluding hydrogens is 202 g/mol. The molecule has 1 saturated carbocycles. The van der Waals surface area contributed by atoms with E-state index in [-0.39, 0.29) is 0 Å². The van der Waals surface area contributed by atoms with Gasteiger partial charge in [0.2, 0.25) is 0 Å². The molecule has 0 heterocycles. The first-order chi connectivity index (χ1) is 7.83. The quantitative estimate of drug-likeness (QED) is 0.593. The molecule has 86 valence electrons. The van der Waals surface area contributed by atoms with Crippen molar-refractivity contribution in [3.8, 4) is 0 Å². The van der Waals surface area contributed by atoms with Crippen molar-refractivity contribution >= 4 is 5.91 Å². The van der Waals surface area contributed by atoms with E-state index in [2.05, 4.69) is 0 Å². The van der Waals surface area contributed by atoms with Crippen LogP contribution in [0.2, 0.25) is 0 Å². The predicted octanol–water partition coefficient (Wildman–Crippen LogP) is 2.85. The van der Waals surface area contributed by atoms with Crippen molar-refractivity contribution in [2.75, 3.05) is 0 Å². The molecule has 1 fully saturated rings. The second kappa shape index (κ2) is 5.12. The molecule has 0 radical (unpaired) electrons. The number of hydrogen-bond acceptors (Lipinski definition) is 2. The van der Waals surface area contributed by atoms with E-state index in [0.717, 1.165) is 18.4 Å². The topological polar surface area (TPSA) is 49.3 Å². The van der Waals surface area contributed by atoms with E-state index in [9.17, 15) is 4.79 Å². The number of hydrogen-bond donors (Lipinski definition) is 2. The summed E-state index contributed by atoms with van der Waals surface area (Å²) in [5.41, 5.74) is 3.41. The van der Waals surface area contributed by atoms with Crippen molar-refractivity contribution in [1.29, 1.82) is 0 Å². The van der Waals surface area contributed by atoms with Gasteiger partial charge in [-0.3, -0.25) is 10.0 Å². The highest BCUT2D eigenvalue weighted by Crippen LogP contribution is 2.34. The number of carbonyl (C=O) groups excluding carboxylic acids is 1. The minimum atomic E-state index is -0.402. The highest BCUT2D eigenvalue weighted by Gasteiger charge is 2.20. The molecule has 2 N–H and O–H groups in total. The molecule has 1 aromatic rings. The Kier molecular flexibility index (Phi) is 3.57. The number of rotatable bonds is 2. The minimum absolute atomic E-state index is 0.402. The molecule has 0 atom stereocenters. The summed E-state index contributed by atoms with van der Waals surface area (Å²) in [5.74, 6) is 0.0726. The fourth-order valence-electron chi connectivity index (χ4n) is 2.53. The first-order valence-electron chi connectivity index (χ1n) is 5.86. The van der Waals surface area contributed by atoms with Gasteiger partial charge >= 0.3 is 0 Å². The summed E-state index contributed by atoms with van der Waals surface area (Å²) in [6.45, 7) is 0. The van der Waals surface area contributed by atoms with E-state index in [1.807, 2.05) is 18.2 Å². The fourth-order valence-corrected chi connectivity index (χ4v) is 2.53. The highest BCUT2D eigenvalue weighted by molar-refractivity contribution is 5.95. The molecule has 0 unspecified atom stereocenters. The maximum absolute atomic E-state index is 11.5. The molecule has 3 heteroatoms. The van der Waals surface area contributed by atoms with Crippen LogP contribution in [0.15, 0.2) is 24.3 Å². The second-order valence-electron chi connectivity index (χ2n) is 4.36. The Morgan fingerprint density at radius 3 is 2.56 bits per heavy atom. The monoisotopic (exact) mass is 219 g/mol. The summed E-state index contributed by atoms with van der Waals surface area (Å²) in [4.78, 5) is 11.5. The smallest absolute Gasteiger partial charge is 0.274 e. The number of benzene rings is 1. The molecule has 1 aromatic carbocycles. The maximum atomic E-state index is 11.5.